The third kappa shape index (κ3) is 3.96. The van der Waals surface area contributed by atoms with Gasteiger partial charge in [-0.05, 0) is 65.7 Å². The van der Waals surface area contributed by atoms with Gasteiger partial charge in [-0.1, -0.05) is 121 Å². The van der Waals surface area contributed by atoms with Crippen molar-refractivity contribution in [1.82, 2.24) is 9.13 Å². The number of para-hydroxylation sites is 7. The van der Waals surface area contributed by atoms with Gasteiger partial charge in [0.25, 0.3) is 0 Å². The minimum Gasteiger partial charge on any atom is -0.551 e. The number of hydrogen-bond acceptors (Lipinski definition) is 2. The van der Waals surface area contributed by atoms with Crippen LogP contribution < -0.4 is 20.3 Å². The van der Waals surface area contributed by atoms with E-state index in [4.69, 9.17) is 9.39 Å². The van der Waals surface area contributed by atoms with Crippen LogP contribution in [0.4, 0.5) is 0 Å². The van der Waals surface area contributed by atoms with Gasteiger partial charge >= 0.3 is 6.92 Å². The molecule has 0 fully saturated rings. The zero-order chi connectivity index (χ0) is 34.6. The lowest BCUT2D eigenvalue weighted by Crippen LogP contribution is -2.53. The minimum absolute atomic E-state index is 0.326. The topological polar surface area (TPSA) is 28.3 Å². The maximum Gasteiger partial charge on any atom is 0.434 e. The van der Waals surface area contributed by atoms with Gasteiger partial charge in [0.15, 0.2) is 0 Å². The summed E-state index contributed by atoms with van der Waals surface area (Å²) in [6.07, 6.45) is 0. The van der Waals surface area contributed by atoms with Crippen LogP contribution in [0.25, 0.3) is 77.2 Å². The molecular formula is C48H29BN2O2. The standard InChI is InChI=1S/C48H29BN2O2/c1-7-21-39(50-40-22-8-2-15-32(40)33-16-3-9-23-41(33)50)31(14-1)30-28-37-36-19-6-12-27-45(36)53-49-38-20-13-26-44(48(38)52-46(29-30)47(37)49)51-42-24-10-4-17-34(42)35-18-5-11-25-43(35)51/h1-29H. The Hall–Kier alpha value is -6.98. The van der Waals surface area contributed by atoms with Crippen LogP contribution in [0.5, 0.6) is 17.2 Å². The minimum atomic E-state index is -0.326. The molecule has 0 saturated heterocycles. The van der Waals surface area contributed by atoms with Crippen molar-refractivity contribution in [1.29, 1.82) is 0 Å². The molecular weight excluding hydrogens is 647 g/mol. The van der Waals surface area contributed by atoms with Gasteiger partial charge in [0.05, 0.1) is 33.4 Å². The highest BCUT2D eigenvalue weighted by molar-refractivity contribution is 6.84. The molecule has 2 aromatic heterocycles. The maximum absolute atomic E-state index is 7.22. The summed E-state index contributed by atoms with van der Waals surface area (Å²) >= 11 is 0. The Bertz CT molecular complexity index is 3050. The first kappa shape index (κ1) is 28.7. The number of nitrogens with zero attached hydrogens (tertiary/aromatic N) is 2. The largest absolute Gasteiger partial charge is 0.551 e. The van der Waals surface area contributed by atoms with Gasteiger partial charge in [0.1, 0.15) is 17.2 Å². The van der Waals surface area contributed by atoms with Crippen molar-refractivity contribution in [3.05, 3.63) is 176 Å². The zero-order valence-corrected chi connectivity index (χ0v) is 28.5. The molecule has 4 nitrogen and oxygen atoms in total. The zero-order valence-electron chi connectivity index (χ0n) is 28.5. The van der Waals surface area contributed by atoms with Gasteiger partial charge in [-0.3, -0.25) is 0 Å². The monoisotopic (exact) mass is 676 g/mol. The van der Waals surface area contributed by atoms with E-state index in [9.17, 15) is 0 Å². The molecule has 0 atom stereocenters. The van der Waals surface area contributed by atoms with Crippen molar-refractivity contribution in [3.63, 3.8) is 0 Å². The summed E-state index contributed by atoms with van der Waals surface area (Å²) in [5, 5.41) is 4.91. The number of rotatable bonds is 3. The van der Waals surface area contributed by atoms with Gasteiger partial charge in [0.2, 0.25) is 0 Å². The van der Waals surface area contributed by atoms with Crippen molar-refractivity contribution < 1.29 is 9.39 Å². The van der Waals surface area contributed by atoms with Crippen LogP contribution in [0.1, 0.15) is 0 Å². The third-order valence-electron chi connectivity index (χ3n) is 11.2. The van der Waals surface area contributed by atoms with E-state index >= 15 is 0 Å². The molecule has 0 N–H and O–H groups in total. The van der Waals surface area contributed by atoms with Crippen LogP contribution in [0.3, 0.4) is 0 Å². The molecule has 0 aliphatic carbocycles. The Morgan fingerprint density at radius 1 is 0.396 bits per heavy atom. The lowest BCUT2D eigenvalue weighted by atomic mass is 9.50. The second kappa shape index (κ2) is 10.8. The van der Waals surface area contributed by atoms with E-state index in [0.717, 1.165) is 72.8 Å². The molecule has 8 aromatic carbocycles. The highest BCUT2D eigenvalue weighted by Gasteiger charge is 2.42. The normalized spacial score (nSPS) is 12.8. The van der Waals surface area contributed by atoms with Crippen LogP contribution in [0, 0.1) is 0 Å². The Balaban J connectivity index is 1.12. The number of aromatic nitrogens is 2. The predicted molar refractivity (Wildman–Crippen MR) is 218 cm³/mol. The highest BCUT2D eigenvalue weighted by Crippen LogP contribution is 2.45. The molecule has 12 rings (SSSR count). The summed E-state index contributed by atoms with van der Waals surface area (Å²) in [5.74, 6) is 2.50. The first-order valence-corrected chi connectivity index (χ1v) is 18.1. The Morgan fingerprint density at radius 3 is 1.55 bits per heavy atom. The molecule has 0 unspecified atom stereocenters. The quantitative estimate of drug-likeness (QED) is 0.174. The summed E-state index contributed by atoms with van der Waals surface area (Å²) in [4.78, 5) is 0. The molecule has 0 amide bonds. The fourth-order valence-corrected chi connectivity index (χ4v) is 8.98. The van der Waals surface area contributed by atoms with Crippen molar-refractivity contribution in [2.75, 3.05) is 0 Å². The number of hydrogen-bond donors (Lipinski definition) is 0. The van der Waals surface area contributed by atoms with Crippen LogP contribution in [-0.4, -0.2) is 16.0 Å². The highest BCUT2D eigenvalue weighted by atomic mass is 16.5. The smallest absolute Gasteiger partial charge is 0.434 e. The summed E-state index contributed by atoms with van der Waals surface area (Å²) < 4.78 is 18.9. The summed E-state index contributed by atoms with van der Waals surface area (Å²) in [7, 11) is 0. The number of benzene rings is 8. The van der Waals surface area contributed by atoms with Gasteiger partial charge in [-0.25, -0.2) is 0 Å². The third-order valence-corrected chi connectivity index (χ3v) is 11.2. The fourth-order valence-electron chi connectivity index (χ4n) is 8.98. The van der Waals surface area contributed by atoms with E-state index in [1.165, 1.54) is 32.6 Å². The predicted octanol–water partition coefficient (Wildman–Crippen LogP) is 10.8. The van der Waals surface area contributed by atoms with E-state index in [1.54, 1.807) is 0 Å². The Morgan fingerprint density at radius 2 is 0.906 bits per heavy atom. The van der Waals surface area contributed by atoms with Crippen molar-refractivity contribution in [3.8, 4) is 50.9 Å². The molecule has 5 heteroatoms. The summed E-state index contributed by atoms with van der Waals surface area (Å²) in [6.45, 7) is -0.326. The van der Waals surface area contributed by atoms with Crippen molar-refractivity contribution in [2.24, 2.45) is 0 Å². The second-order valence-corrected chi connectivity index (χ2v) is 14.0. The van der Waals surface area contributed by atoms with E-state index < -0.39 is 0 Å². The second-order valence-electron chi connectivity index (χ2n) is 14.0. The fraction of sp³-hybridized carbons (Fsp3) is 0. The molecule has 0 spiro atoms. The van der Waals surface area contributed by atoms with E-state index in [2.05, 4.69) is 185 Å². The van der Waals surface area contributed by atoms with Gasteiger partial charge in [-0.2, -0.15) is 0 Å². The van der Waals surface area contributed by atoms with Crippen molar-refractivity contribution >= 4 is 61.5 Å². The van der Waals surface area contributed by atoms with Crippen LogP contribution in [0.15, 0.2) is 176 Å². The first-order chi connectivity index (χ1) is 26.3. The lowest BCUT2D eigenvalue weighted by Gasteiger charge is -2.34. The van der Waals surface area contributed by atoms with Crippen molar-refractivity contribution in [2.45, 2.75) is 0 Å². The number of fused-ring (bicyclic) bond motifs is 10. The molecule has 4 heterocycles. The Kier molecular flexibility index (Phi) is 5.83. The van der Waals surface area contributed by atoms with Gasteiger partial charge in [0, 0.05) is 43.6 Å². The van der Waals surface area contributed by atoms with Crippen LogP contribution >= 0.6 is 0 Å². The van der Waals surface area contributed by atoms with E-state index in [1.807, 2.05) is 0 Å². The van der Waals surface area contributed by atoms with Gasteiger partial charge < -0.3 is 18.5 Å². The average Bonchev–Trinajstić information content (AvgIpc) is 3.74. The molecule has 0 bridgehead atoms. The van der Waals surface area contributed by atoms with Crippen LogP contribution in [0.2, 0.25) is 0 Å². The Labute approximate surface area is 305 Å². The molecule has 0 saturated carbocycles. The molecule has 246 valence electrons. The first-order valence-electron chi connectivity index (χ1n) is 18.1. The molecule has 0 radical (unpaired) electrons. The molecule has 53 heavy (non-hydrogen) atoms. The summed E-state index contributed by atoms with van der Waals surface area (Å²) in [6, 6.07) is 62.7. The lowest BCUT2D eigenvalue weighted by molar-refractivity contribution is 0.478. The van der Waals surface area contributed by atoms with Crippen LogP contribution in [-0.2, 0) is 0 Å². The van der Waals surface area contributed by atoms with E-state index in [-0.39, 0.29) is 6.92 Å². The SMILES string of the molecule is c1ccc2c(c1)OB1c3cccc(-n4c5ccccc5c5ccccc54)c3Oc3cc(-c4ccccc4-n4c5ccccc5c5ccccc54)cc-2c31. The average molecular weight is 677 g/mol. The molecule has 2 aliphatic rings. The molecule has 10 aromatic rings. The maximum atomic E-state index is 7.22. The van der Waals surface area contributed by atoms with E-state index in [0.29, 0.717) is 0 Å². The molecule has 2 aliphatic heterocycles. The van der Waals surface area contributed by atoms with Gasteiger partial charge in [-0.15, -0.1) is 0 Å². The summed E-state index contributed by atoms with van der Waals surface area (Å²) in [5.41, 5.74) is 13.3. The number of ether oxygens (including phenoxy) is 1.